The number of carbonyl (C=O) groups is 1. The predicted octanol–water partition coefficient (Wildman–Crippen LogP) is 2.79. The van der Waals surface area contributed by atoms with Gasteiger partial charge in [-0.05, 0) is 75.0 Å². The maximum absolute atomic E-state index is 10.8. The van der Waals surface area contributed by atoms with Crippen molar-refractivity contribution in [3.63, 3.8) is 0 Å². The second kappa shape index (κ2) is 3.96. The van der Waals surface area contributed by atoms with E-state index in [2.05, 4.69) is 6.92 Å². The van der Waals surface area contributed by atoms with Gasteiger partial charge in [-0.15, -0.1) is 0 Å². The lowest BCUT2D eigenvalue weighted by Gasteiger charge is -2.62. The van der Waals surface area contributed by atoms with Gasteiger partial charge in [-0.25, -0.2) is 0 Å². The Hall–Kier alpha value is -0.570. The highest BCUT2D eigenvalue weighted by molar-refractivity contribution is 5.66. The molecule has 0 spiro atoms. The summed E-state index contributed by atoms with van der Waals surface area (Å²) < 4.78 is 0. The SMILES string of the molecule is CC(N)(CCC(=O)O)C12CC3CC(CC(C3)C1)C2. The number of hydrogen-bond donors (Lipinski definition) is 2. The fourth-order valence-electron chi connectivity index (χ4n) is 5.44. The summed E-state index contributed by atoms with van der Waals surface area (Å²) in [6.07, 6.45) is 8.85. The van der Waals surface area contributed by atoms with Gasteiger partial charge in [-0.1, -0.05) is 0 Å². The van der Waals surface area contributed by atoms with Gasteiger partial charge in [0.25, 0.3) is 0 Å². The van der Waals surface area contributed by atoms with Crippen LogP contribution in [0.4, 0.5) is 0 Å². The van der Waals surface area contributed by atoms with Crippen molar-refractivity contribution in [3.8, 4) is 0 Å². The second-order valence-electron chi connectivity index (χ2n) is 7.51. The molecule has 0 saturated heterocycles. The number of nitrogens with two attached hydrogens (primary N) is 1. The van der Waals surface area contributed by atoms with Crippen molar-refractivity contribution < 1.29 is 9.90 Å². The van der Waals surface area contributed by atoms with Gasteiger partial charge in [0.1, 0.15) is 0 Å². The first-order valence-corrected chi connectivity index (χ1v) is 7.41. The van der Waals surface area contributed by atoms with Crippen LogP contribution < -0.4 is 5.73 Å². The maximum Gasteiger partial charge on any atom is 0.303 e. The van der Waals surface area contributed by atoms with Crippen LogP contribution in [0.25, 0.3) is 0 Å². The Morgan fingerprint density at radius 3 is 2.06 bits per heavy atom. The highest BCUT2D eigenvalue weighted by Crippen LogP contribution is 2.63. The Kier molecular flexibility index (Phi) is 2.74. The molecule has 4 saturated carbocycles. The van der Waals surface area contributed by atoms with E-state index in [-0.39, 0.29) is 17.4 Å². The smallest absolute Gasteiger partial charge is 0.303 e. The molecule has 1 unspecified atom stereocenters. The summed E-state index contributed by atoms with van der Waals surface area (Å²) in [6, 6.07) is 0. The van der Waals surface area contributed by atoms with Crippen LogP contribution in [0.15, 0.2) is 0 Å². The van der Waals surface area contributed by atoms with Crippen LogP contribution >= 0.6 is 0 Å². The van der Waals surface area contributed by atoms with Gasteiger partial charge in [0, 0.05) is 12.0 Å². The first-order chi connectivity index (χ1) is 8.40. The molecule has 0 aliphatic heterocycles. The summed E-state index contributed by atoms with van der Waals surface area (Å²) >= 11 is 0. The minimum Gasteiger partial charge on any atom is -0.481 e. The van der Waals surface area contributed by atoms with Crippen molar-refractivity contribution in [3.05, 3.63) is 0 Å². The van der Waals surface area contributed by atoms with Gasteiger partial charge >= 0.3 is 5.97 Å². The lowest BCUT2D eigenvalue weighted by Crippen LogP contribution is -2.61. The number of aliphatic carboxylic acids is 1. The van der Waals surface area contributed by atoms with Gasteiger partial charge in [-0.2, -0.15) is 0 Å². The maximum atomic E-state index is 10.8. The van der Waals surface area contributed by atoms with E-state index in [1.165, 1.54) is 38.5 Å². The molecule has 4 bridgehead atoms. The van der Waals surface area contributed by atoms with Crippen LogP contribution in [0, 0.1) is 23.2 Å². The van der Waals surface area contributed by atoms with E-state index >= 15 is 0 Å². The van der Waals surface area contributed by atoms with E-state index in [9.17, 15) is 4.79 Å². The predicted molar refractivity (Wildman–Crippen MR) is 70.1 cm³/mol. The van der Waals surface area contributed by atoms with Crippen molar-refractivity contribution in [2.24, 2.45) is 28.9 Å². The summed E-state index contributed by atoms with van der Waals surface area (Å²) in [5, 5.41) is 8.90. The van der Waals surface area contributed by atoms with Gasteiger partial charge in [0.15, 0.2) is 0 Å². The zero-order valence-corrected chi connectivity index (χ0v) is 11.3. The lowest BCUT2D eigenvalue weighted by molar-refractivity contribution is -0.138. The first kappa shape index (κ1) is 12.5. The van der Waals surface area contributed by atoms with Crippen LogP contribution in [-0.4, -0.2) is 16.6 Å². The molecule has 4 fully saturated rings. The quantitative estimate of drug-likeness (QED) is 0.807. The Bertz CT molecular complexity index is 326. The molecule has 4 rings (SSSR count). The van der Waals surface area contributed by atoms with Gasteiger partial charge in [0.05, 0.1) is 0 Å². The average Bonchev–Trinajstić information content (AvgIpc) is 2.24. The zero-order valence-electron chi connectivity index (χ0n) is 11.3. The van der Waals surface area contributed by atoms with Crippen molar-refractivity contribution in [2.75, 3.05) is 0 Å². The van der Waals surface area contributed by atoms with Crippen LogP contribution in [-0.2, 0) is 4.79 Å². The molecule has 4 aliphatic carbocycles. The standard InChI is InChI=1S/C15H25NO2/c1-14(16,3-2-13(17)18)15-7-10-4-11(8-15)6-12(5-10)9-15/h10-12H,2-9,16H2,1H3,(H,17,18). The minimum absolute atomic E-state index is 0.217. The number of hydrogen-bond acceptors (Lipinski definition) is 2. The Morgan fingerprint density at radius 2 is 1.67 bits per heavy atom. The molecule has 0 heterocycles. The van der Waals surface area contributed by atoms with Crippen molar-refractivity contribution in [1.29, 1.82) is 0 Å². The minimum atomic E-state index is -0.712. The highest BCUT2D eigenvalue weighted by atomic mass is 16.4. The Labute approximate surface area is 109 Å². The average molecular weight is 251 g/mol. The summed E-state index contributed by atoms with van der Waals surface area (Å²) in [5.41, 5.74) is 6.56. The number of carboxylic acids is 1. The van der Waals surface area contributed by atoms with Gasteiger partial charge in [0.2, 0.25) is 0 Å². The molecule has 0 amide bonds. The van der Waals surface area contributed by atoms with Crippen LogP contribution in [0.3, 0.4) is 0 Å². The fourth-order valence-corrected chi connectivity index (χ4v) is 5.44. The number of rotatable bonds is 4. The molecule has 18 heavy (non-hydrogen) atoms. The van der Waals surface area contributed by atoms with E-state index < -0.39 is 5.97 Å². The molecule has 3 heteroatoms. The summed E-state index contributed by atoms with van der Waals surface area (Å²) in [7, 11) is 0. The highest BCUT2D eigenvalue weighted by Gasteiger charge is 2.57. The largest absolute Gasteiger partial charge is 0.481 e. The normalized spacial score (nSPS) is 44.9. The second-order valence-corrected chi connectivity index (χ2v) is 7.51. The lowest BCUT2D eigenvalue weighted by atomic mass is 9.44. The molecule has 0 radical (unpaired) electrons. The monoisotopic (exact) mass is 251 g/mol. The van der Waals surface area contributed by atoms with Crippen LogP contribution in [0.5, 0.6) is 0 Å². The Balaban J connectivity index is 1.79. The number of carboxylic acid groups (broad SMARTS) is 1. The third kappa shape index (κ3) is 1.87. The first-order valence-electron chi connectivity index (χ1n) is 7.41. The molecule has 3 nitrogen and oxygen atoms in total. The third-order valence-electron chi connectivity index (χ3n) is 6.11. The van der Waals surface area contributed by atoms with E-state index in [1.54, 1.807) is 0 Å². The van der Waals surface area contributed by atoms with Crippen LogP contribution in [0.2, 0.25) is 0 Å². The third-order valence-corrected chi connectivity index (χ3v) is 6.11. The van der Waals surface area contributed by atoms with E-state index in [1.807, 2.05) is 0 Å². The Morgan fingerprint density at radius 1 is 1.22 bits per heavy atom. The molecular formula is C15H25NO2. The topological polar surface area (TPSA) is 63.3 Å². The van der Waals surface area contributed by atoms with Crippen molar-refractivity contribution >= 4 is 5.97 Å². The van der Waals surface area contributed by atoms with Gasteiger partial charge in [-0.3, -0.25) is 4.79 Å². The molecule has 1 atom stereocenters. The molecule has 0 aromatic carbocycles. The molecule has 0 aromatic heterocycles. The molecular weight excluding hydrogens is 226 g/mol. The zero-order chi connectivity index (χ0) is 13.0. The van der Waals surface area contributed by atoms with Crippen molar-refractivity contribution in [2.45, 2.75) is 63.8 Å². The fraction of sp³-hybridized carbons (Fsp3) is 0.933. The van der Waals surface area contributed by atoms with Crippen molar-refractivity contribution in [1.82, 2.24) is 0 Å². The molecule has 0 aromatic rings. The summed E-state index contributed by atoms with van der Waals surface area (Å²) in [4.78, 5) is 10.8. The van der Waals surface area contributed by atoms with Gasteiger partial charge < -0.3 is 10.8 Å². The molecule has 3 N–H and O–H groups in total. The summed E-state index contributed by atoms with van der Waals surface area (Å²) in [6.45, 7) is 2.11. The van der Waals surface area contributed by atoms with Crippen LogP contribution in [0.1, 0.15) is 58.3 Å². The molecule has 4 aliphatic rings. The van der Waals surface area contributed by atoms with E-state index in [4.69, 9.17) is 10.8 Å². The van der Waals surface area contributed by atoms with E-state index in [0.29, 0.717) is 6.42 Å². The van der Waals surface area contributed by atoms with E-state index in [0.717, 1.165) is 17.8 Å². The summed E-state index contributed by atoms with van der Waals surface area (Å²) in [5.74, 6) is 1.92. The molecule has 102 valence electrons.